The van der Waals surface area contributed by atoms with Crippen LogP contribution in [0.1, 0.15) is 24.5 Å². The van der Waals surface area contributed by atoms with Gasteiger partial charge < -0.3 is 19.9 Å². The van der Waals surface area contributed by atoms with Crippen LogP contribution in [0.2, 0.25) is 0 Å². The molecule has 144 valence electrons. The second kappa shape index (κ2) is 9.07. The van der Waals surface area contributed by atoms with Gasteiger partial charge in [0.2, 0.25) is 0 Å². The second-order valence-corrected chi connectivity index (χ2v) is 6.30. The third-order valence-electron chi connectivity index (χ3n) is 4.66. The molecule has 27 heavy (non-hydrogen) atoms. The molecule has 6 heteroatoms. The van der Waals surface area contributed by atoms with Crippen molar-refractivity contribution in [2.45, 2.75) is 25.7 Å². The van der Waals surface area contributed by atoms with E-state index >= 15 is 0 Å². The summed E-state index contributed by atoms with van der Waals surface area (Å²) >= 11 is 0. The van der Waals surface area contributed by atoms with Crippen molar-refractivity contribution in [1.29, 1.82) is 0 Å². The van der Waals surface area contributed by atoms with E-state index in [0.29, 0.717) is 17.7 Å². The lowest BCUT2D eigenvalue weighted by atomic mass is 9.78. The van der Waals surface area contributed by atoms with Crippen molar-refractivity contribution in [1.82, 2.24) is 5.32 Å². The first-order valence-electron chi connectivity index (χ1n) is 8.76. The van der Waals surface area contributed by atoms with E-state index in [9.17, 15) is 14.7 Å². The van der Waals surface area contributed by atoms with E-state index in [1.807, 2.05) is 13.0 Å². The minimum Gasteiger partial charge on any atom is -0.496 e. The van der Waals surface area contributed by atoms with E-state index in [1.165, 1.54) is 0 Å². The number of carbonyl (C=O) groups is 2. The number of aryl methyl sites for hydroxylation is 1. The van der Waals surface area contributed by atoms with Gasteiger partial charge in [-0.15, -0.1) is 0 Å². The van der Waals surface area contributed by atoms with E-state index < -0.39 is 11.4 Å². The maximum absolute atomic E-state index is 12.2. The molecule has 0 saturated heterocycles. The molecule has 2 aromatic rings. The maximum Gasteiger partial charge on any atom is 0.315 e. The van der Waals surface area contributed by atoms with Crippen LogP contribution >= 0.6 is 0 Å². The summed E-state index contributed by atoms with van der Waals surface area (Å²) in [6.45, 7) is 3.48. The molecule has 6 nitrogen and oxygen atoms in total. The highest BCUT2D eigenvalue weighted by atomic mass is 16.5. The number of hydrogen-bond donors (Lipinski definition) is 2. The smallest absolute Gasteiger partial charge is 0.315 e. The van der Waals surface area contributed by atoms with Crippen molar-refractivity contribution in [3.05, 3.63) is 59.7 Å². The Bertz CT molecular complexity index is 790. The number of nitrogens with one attached hydrogen (secondary N) is 1. The van der Waals surface area contributed by atoms with Gasteiger partial charge in [0, 0.05) is 6.54 Å². The first kappa shape index (κ1) is 20.3. The fourth-order valence-electron chi connectivity index (χ4n) is 2.93. The Morgan fingerprint density at radius 3 is 2.41 bits per heavy atom. The predicted octanol–water partition coefficient (Wildman–Crippen LogP) is 2.93. The lowest BCUT2D eigenvalue weighted by Crippen LogP contribution is -2.47. The molecule has 0 aliphatic carbocycles. The normalized spacial score (nSPS) is 12.7. The lowest BCUT2D eigenvalue weighted by Gasteiger charge is -2.29. The predicted molar refractivity (Wildman–Crippen MR) is 102 cm³/mol. The third kappa shape index (κ3) is 4.78. The monoisotopic (exact) mass is 371 g/mol. The molecule has 0 aliphatic rings. The Kier molecular flexibility index (Phi) is 6.82. The van der Waals surface area contributed by atoms with Crippen LogP contribution in [0.3, 0.4) is 0 Å². The summed E-state index contributed by atoms with van der Waals surface area (Å²) in [5.41, 5.74) is 0.385. The van der Waals surface area contributed by atoms with Crippen LogP contribution in [-0.2, 0) is 15.0 Å². The van der Waals surface area contributed by atoms with Gasteiger partial charge in [0.25, 0.3) is 5.91 Å². The first-order valence-corrected chi connectivity index (χ1v) is 8.76. The molecular formula is C21H25NO5. The number of benzene rings is 2. The number of carboxylic acid groups (broad SMARTS) is 1. The number of carbonyl (C=O) groups excluding carboxylic acids is 1. The van der Waals surface area contributed by atoms with Crippen molar-refractivity contribution < 1.29 is 24.2 Å². The van der Waals surface area contributed by atoms with Crippen LogP contribution < -0.4 is 14.8 Å². The van der Waals surface area contributed by atoms with Gasteiger partial charge in [-0.05, 0) is 42.7 Å². The molecular weight excluding hydrogens is 346 g/mol. The first-order chi connectivity index (χ1) is 12.9. The van der Waals surface area contributed by atoms with Gasteiger partial charge in [-0.1, -0.05) is 37.3 Å². The lowest BCUT2D eigenvalue weighted by molar-refractivity contribution is -0.144. The van der Waals surface area contributed by atoms with E-state index in [1.54, 1.807) is 56.5 Å². The molecule has 0 radical (unpaired) electrons. The number of rotatable bonds is 9. The Hall–Kier alpha value is -3.02. The molecule has 1 unspecified atom stereocenters. The maximum atomic E-state index is 12.2. The molecule has 0 fully saturated rings. The molecule has 2 N–H and O–H groups in total. The zero-order chi connectivity index (χ0) is 19.9. The van der Waals surface area contributed by atoms with E-state index in [-0.39, 0.29) is 19.1 Å². The van der Waals surface area contributed by atoms with Gasteiger partial charge >= 0.3 is 5.97 Å². The van der Waals surface area contributed by atoms with Crippen molar-refractivity contribution >= 4 is 11.9 Å². The number of ether oxygens (including phenoxy) is 2. The van der Waals surface area contributed by atoms with Crippen LogP contribution in [0.15, 0.2) is 48.5 Å². The van der Waals surface area contributed by atoms with Gasteiger partial charge in [0.05, 0.1) is 7.11 Å². The van der Waals surface area contributed by atoms with Gasteiger partial charge in [0.1, 0.15) is 16.9 Å². The average Bonchev–Trinajstić information content (AvgIpc) is 2.68. The van der Waals surface area contributed by atoms with Crippen LogP contribution in [-0.4, -0.2) is 37.2 Å². The molecule has 1 amide bonds. The van der Waals surface area contributed by atoms with E-state index in [4.69, 9.17) is 9.47 Å². The fourth-order valence-corrected chi connectivity index (χ4v) is 2.93. The summed E-state index contributed by atoms with van der Waals surface area (Å²) in [7, 11) is 1.59. The molecule has 0 aliphatic heterocycles. The Labute approximate surface area is 159 Å². The number of amides is 1. The number of aliphatic carboxylic acids is 1. The van der Waals surface area contributed by atoms with E-state index in [0.717, 1.165) is 11.3 Å². The summed E-state index contributed by atoms with van der Waals surface area (Å²) in [6, 6.07) is 14.2. The van der Waals surface area contributed by atoms with Crippen molar-refractivity contribution in [2.24, 2.45) is 0 Å². The summed E-state index contributed by atoms with van der Waals surface area (Å²) in [4.78, 5) is 24.1. The highest BCUT2D eigenvalue weighted by Gasteiger charge is 2.38. The van der Waals surface area contributed by atoms with Gasteiger partial charge in [-0.2, -0.15) is 0 Å². The number of carboxylic acids is 1. The summed E-state index contributed by atoms with van der Waals surface area (Å²) in [5, 5.41) is 12.5. The zero-order valence-corrected chi connectivity index (χ0v) is 15.8. The van der Waals surface area contributed by atoms with Gasteiger partial charge in [-0.25, -0.2) is 0 Å². The van der Waals surface area contributed by atoms with Gasteiger partial charge in [0.15, 0.2) is 6.61 Å². The molecule has 0 saturated carbocycles. The topological polar surface area (TPSA) is 84.9 Å². The quantitative estimate of drug-likeness (QED) is 0.708. The number of hydrogen-bond acceptors (Lipinski definition) is 4. The minimum atomic E-state index is -1.17. The Morgan fingerprint density at radius 1 is 1.15 bits per heavy atom. The highest BCUT2D eigenvalue weighted by Crippen LogP contribution is 2.28. The van der Waals surface area contributed by atoms with Crippen molar-refractivity contribution in [3.8, 4) is 11.5 Å². The van der Waals surface area contributed by atoms with Crippen molar-refractivity contribution in [2.75, 3.05) is 20.3 Å². The molecule has 2 rings (SSSR count). The Balaban J connectivity index is 2.00. The highest BCUT2D eigenvalue weighted by molar-refractivity contribution is 5.84. The second-order valence-electron chi connectivity index (χ2n) is 6.30. The van der Waals surface area contributed by atoms with Crippen LogP contribution in [0.25, 0.3) is 0 Å². The van der Waals surface area contributed by atoms with Crippen LogP contribution in [0.4, 0.5) is 0 Å². The SMILES string of the molecule is CCC(CNC(=O)COc1ccc(OC)c(C)c1)(C(=O)O)c1ccccc1. The third-order valence-corrected chi connectivity index (χ3v) is 4.66. The minimum absolute atomic E-state index is 0.00726. The molecule has 0 spiro atoms. The zero-order valence-electron chi connectivity index (χ0n) is 15.8. The standard InChI is InChI=1S/C21H25NO5/c1-4-21(20(24)25,16-8-6-5-7-9-16)14-22-19(23)13-27-17-10-11-18(26-3)15(2)12-17/h5-12H,4,13-14H2,1-3H3,(H,22,23)(H,24,25). The van der Waals surface area contributed by atoms with Gasteiger partial charge in [-0.3, -0.25) is 9.59 Å². The van der Waals surface area contributed by atoms with Crippen LogP contribution in [0.5, 0.6) is 11.5 Å². The molecule has 0 heterocycles. The molecule has 2 aromatic carbocycles. The summed E-state index contributed by atoms with van der Waals surface area (Å²) in [6.07, 6.45) is 0.352. The summed E-state index contributed by atoms with van der Waals surface area (Å²) < 4.78 is 10.7. The molecule has 0 aromatic heterocycles. The van der Waals surface area contributed by atoms with Crippen molar-refractivity contribution in [3.63, 3.8) is 0 Å². The average molecular weight is 371 g/mol. The number of methoxy groups -OCH3 is 1. The molecule has 1 atom stereocenters. The van der Waals surface area contributed by atoms with Crippen LogP contribution in [0, 0.1) is 6.92 Å². The van der Waals surface area contributed by atoms with E-state index in [2.05, 4.69) is 5.32 Å². The fraction of sp³-hybridized carbons (Fsp3) is 0.333. The molecule has 0 bridgehead atoms. The largest absolute Gasteiger partial charge is 0.496 e. The summed E-state index contributed by atoms with van der Waals surface area (Å²) in [5.74, 6) is -0.0583. The Morgan fingerprint density at radius 2 is 1.85 bits per heavy atom.